The molecule has 0 aliphatic heterocycles. The molecule has 1 heterocycles. The van der Waals surface area contributed by atoms with Crippen molar-refractivity contribution in [1.82, 2.24) is 10.3 Å². The van der Waals surface area contributed by atoms with Gasteiger partial charge in [0.1, 0.15) is 0 Å². The van der Waals surface area contributed by atoms with Crippen LogP contribution in [-0.4, -0.2) is 11.5 Å². The second-order valence-corrected chi connectivity index (χ2v) is 4.24. The second-order valence-electron chi connectivity index (χ2n) is 4.24. The van der Waals surface area contributed by atoms with E-state index >= 15 is 0 Å². The normalized spacial score (nSPS) is 10.5. The van der Waals surface area contributed by atoms with E-state index in [-0.39, 0.29) is 11.6 Å². The van der Waals surface area contributed by atoms with Crippen LogP contribution in [0.3, 0.4) is 0 Å². The Labute approximate surface area is 112 Å². The number of nitrogens with zero attached hydrogens (tertiary/aromatic N) is 1. The molecule has 1 aromatic heterocycles. The topological polar surface area (TPSA) is 34.1 Å². The zero-order valence-corrected chi connectivity index (χ0v) is 11.1. The number of halogens is 1. The van der Waals surface area contributed by atoms with Crippen molar-refractivity contribution in [2.45, 2.75) is 20.4 Å². The summed E-state index contributed by atoms with van der Waals surface area (Å²) in [5.41, 5.74) is 1.42. The second kappa shape index (κ2) is 6.29. The lowest BCUT2D eigenvalue weighted by atomic mass is 10.2. The van der Waals surface area contributed by atoms with E-state index in [0.717, 1.165) is 12.2 Å². The molecule has 0 atom stereocenters. The first-order chi connectivity index (χ1) is 9.20. The number of ether oxygens (including phenoxy) is 1. The average molecular weight is 260 g/mol. The van der Waals surface area contributed by atoms with Crippen LogP contribution in [0.1, 0.15) is 18.2 Å². The molecule has 1 aromatic carbocycles. The van der Waals surface area contributed by atoms with Crippen LogP contribution in [-0.2, 0) is 6.54 Å². The predicted molar refractivity (Wildman–Crippen MR) is 72.8 cm³/mol. The van der Waals surface area contributed by atoms with Gasteiger partial charge < -0.3 is 10.1 Å². The van der Waals surface area contributed by atoms with Crippen molar-refractivity contribution in [2.24, 2.45) is 0 Å². The molecule has 0 spiro atoms. The molecule has 0 bridgehead atoms. The monoisotopic (exact) mass is 260 g/mol. The molecule has 0 unspecified atom stereocenters. The first kappa shape index (κ1) is 13.5. The first-order valence-electron chi connectivity index (χ1n) is 6.30. The summed E-state index contributed by atoms with van der Waals surface area (Å²) in [5, 5.41) is 3.18. The lowest BCUT2D eigenvalue weighted by molar-refractivity contribution is 0.423. The van der Waals surface area contributed by atoms with Gasteiger partial charge in [0.05, 0.1) is 5.69 Å². The van der Waals surface area contributed by atoms with Gasteiger partial charge in [0, 0.05) is 12.6 Å². The Bertz CT molecular complexity index is 558. The molecule has 0 saturated carbocycles. The molecular weight excluding hydrogens is 243 g/mol. The summed E-state index contributed by atoms with van der Waals surface area (Å²) in [4.78, 5) is 4.32. The van der Waals surface area contributed by atoms with E-state index in [9.17, 15) is 4.39 Å². The Kier molecular flexibility index (Phi) is 4.47. The smallest absolute Gasteiger partial charge is 0.219 e. The number of hydrogen-bond acceptors (Lipinski definition) is 3. The van der Waals surface area contributed by atoms with Crippen molar-refractivity contribution < 1.29 is 9.13 Å². The standard InChI is InChI=1S/C15H17FN2O/c1-3-17-10-12-7-5-9-14(18-12)19-13-8-4-6-11(2)15(13)16/h4-9,17H,3,10H2,1-2H3. The average Bonchev–Trinajstić information content (AvgIpc) is 2.42. The molecule has 0 saturated heterocycles. The quantitative estimate of drug-likeness (QED) is 0.894. The Morgan fingerprint density at radius 3 is 2.79 bits per heavy atom. The van der Waals surface area contributed by atoms with Gasteiger partial charge in [-0.05, 0) is 31.2 Å². The van der Waals surface area contributed by atoms with Gasteiger partial charge in [0.2, 0.25) is 5.88 Å². The molecule has 1 N–H and O–H groups in total. The van der Waals surface area contributed by atoms with Crippen molar-refractivity contribution in [3.8, 4) is 11.6 Å². The van der Waals surface area contributed by atoms with E-state index in [4.69, 9.17) is 4.74 Å². The molecule has 0 radical (unpaired) electrons. The SMILES string of the molecule is CCNCc1cccc(Oc2cccc(C)c2F)n1. The van der Waals surface area contributed by atoms with E-state index < -0.39 is 0 Å². The van der Waals surface area contributed by atoms with Crippen molar-refractivity contribution in [3.05, 3.63) is 53.5 Å². The largest absolute Gasteiger partial charge is 0.436 e. The molecule has 2 aromatic rings. The molecule has 0 aliphatic rings. The van der Waals surface area contributed by atoms with E-state index in [1.54, 1.807) is 31.2 Å². The fourth-order valence-corrected chi connectivity index (χ4v) is 1.68. The predicted octanol–water partition coefficient (Wildman–Crippen LogP) is 3.43. The summed E-state index contributed by atoms with van der Waals surface area (Å²) in [6.45, 7) is 5.28. The molecule has 4 heteroatoms. The fraction of sp³-hybridized carbons (Fsp3) is 0.267. The summed E-state index contributed by atoms with van der Waals surface area (Å²) in [5.74, 6) is 0.259. The third-order valence-corrected chi connectivity index (χ3v) is 2.71. The lowest BCUT2D eigenvalue weighted by Crippen LogP contribution is -2.12. The van der Waals surface area contributed by atoms with E-state index in [1.807, 2.05) is 19.1 Å². The van der Waals surface area contributed by atoms with E-state index in [1.165, 1.54) is 0 Å². The zero-order chi connectivity index (χ0) is 13.7. The van der Waals surface area contributed by atoms with Crippen LogP contribution < -0.4 is 10.1 Å². The highest BCUT2D eigenvalue weighted by Crippen LogP contribution is 2.24. The molecule has 100 valence electrons. The van der Waals surface area contributed by atoms with Crippen LogP contribution in [0.4, 0.5) is 4.39 Å². The zero-order valence-electron chi connectivity index (χ0n) is 11.1. The Morgan fingerprint density at radius 1 is 1.21 bits per heavy atom. The molecule has 0 fully saturated rings. The van der Waals surface area contributed by atoms with Crippen LogP contribution in [0.2, 0.25) is 0 Å². The summed E-state index contributed by atoms with van der Waals surface area (Å²) in [7, 11) is 0. The fourth-order valence-electron chi connectivity index (χ4n) is 1.68. The Balaban J connectivity index is 2.16. The lowest BCUT2D eigenvalue weighted by Gasteiger charge is -2.08. The van der Waals surface area contributed by atoms with Crippen molar-refractivity contribution in [3.63, 3.8) is 0 Å². The van der Waals surface area contributed by atoms with Gasteiger partial charge >= 0.3 is 0 Å². The van der Waals surface area contributed by atoms with E-state index in [0.29, 0.717) is 18.0 Å². The number of pyridine rings is 1. The third kappa shape index (κ3) is 3.51. The summed E-state index contributed by atoms with van der Waals surface area (Å²) < 4.78 is 19.3. The number of hydrogen-bond donors (Lipinski definition) is 1. The molecule has 0 aliphatic carbocycles. The molecule has 19 heavy (non-hydrogen) atoms. The number of aryl methyl sites for hydroxylation is 1. The number of benzene rings is 1. The van der Waals surface area contributed by atoms with Crippen LogP contribution in [0.15, 0.2) is 36.4 Å². The Hall–Kier alpha value is -1.94. The molecule has 3 nitrogen and oxygen atoms in total. The van der Waals surface area contributed by atoms with Crippen LogP contribution in [0.25, 0.3) is 0 Å². The van der Waals surface area contributed by atoms with Gasteiger partial charge in [-0.15, -0.1) is 0 Å². The maximum atomic E-state index is 13.8. The van der Waals surface area contributed by atoms with Crippen molar-refractivity contribution in [1.29, 1.82) is 0 Å². The first-order valence-corrected chi connectivity index (χ1v) is 6.30. The van der Waals surface area contributed by atoms with Crippen molar-refractivity contribution in [2.75, 3.05) is 6.54 Å². The highest BCUT2D eigenvalue weighted by molar-refractivity contribution is 5.33. The minimum absolute atomic E-state index is 0.202. The van der Waals surface area contributed by atoms with Crippen LogP contribution in [0.5, 0.6) is 11.6 Å². The molecule has 2 rings (SSSR count). The highest BCUT2D eigenvalue weighted by atomic mass is 19.1. The maximum absolute atomic E-state index is 13.8. The van der Waals surface area contributed by atoms with Gasteiger partial charge in [-0.25, -0.2) is 9.37 Å². The number of nitrogens with one attached hydrogen (secondary N) is 1. The third-order valence-electron chi connectivity index (χ3n) is 2.71. The molecular formula is C15H17FN2O. The number of rotatable bonds is 5. The minimum Gasteiger partial charge on any atom is -0.436 e. The van der Waals surface area contributed by atoms with Gasteiger partial charge in [0.25, 0.3) is 0 Å². The summed E-state index contributed by atoms with van der Waals surface area (Å²) >= 11 is 0. The van der Waals surface area contributed by atoms with E-state index in [2.05, 4.69) is 10.3 Å². The van der Waals surface area contributed by atoms with Crippen molar-refractivity contribution >= 4 is 0 Å². The van der Waals surface area contributed by atoms with Crippen LogP contribution >= 0.6 is 0 Å². The number of aromatic nitrogens is 1. The molecule has 0 amide bonds. The summed E-state index contributed by atoms with van der Waals surface area (Å²) in [6, 6.07) is 10.5. The van der Waals surface area contributed by atoms with Gasteiger partial charge in [-0.3, -0.25) is 0 Å². The highest BCUT2D eigenvalue weighted by Gasteiger charge is 2.08. The summed E-state index contributed by atoms with van der Waals surface area (Å²) in [6.07, 6.45) is 0. The minimum atomic E-state index is -0.346. The Morgan fingerprint density at radius 2 is 2.00 bits per heavy atom. The van der Waals surface area contributed by atoms with Gasteiger partial charge in [0.15, 0.2) is 11.6 Å². The van der Waals surface area contributed by atoms with Gasteiger partial charge in [-0.2, -0.15) is 0 Å². The van der Waals surface area contributed by atoms with Gasteiger partial charge in [-0.1, -0.05) is 25.1 Å². The van der Waals surface area contributed by atoms with Crippen LogP contribution in [0, 0.1) is 12.7 Å². The maximum Gasteiger partial charge on any atom is 0.219 e.